The number of sulfone groups is 1. The van der Waals surface area contributed by atoms with Crippen LogP contribution in [0.5, 0.6) is 0 Å². The zero-order valence-corrected chi connectivity index (χ0v) is 21.0. The van der Waals surface area contributed by atoms with E-state index in [4.69, 9.17) is 16.3 Å². The molecule has 0 saturated carbocycles. The predicted molar refractivity (Wildman–Crippen MR) is 129 cm³/mol. The molecule has 1 aromatic rings. The maximum absolute atomic E-state index is 11.1. The van der Waals surface area contributed by atoms with Crippen LogP contribution in [0.3, 0.4) is 0 Å². The van der Waals surface area contributed by atoms with E-state index in [1.807, 2.05) is 25.1 Å². The first-order valence-electron chi connectivity index (χ1n) is 9.13. The molecule has 6 nitrogen and oxygen atoms in total. The van der Waals surface area contributed by atoms with Crippen molar-refractivity contribution in [2.75, 3.05) is 44.9 Å². The molecule has 0 atom stereocenters. The van der Waals surface area contributed by atoms with Crippen LogP contribution in [0, 0.1) is 5.41 Å². The van der Waals surface area contributed by atoms with Crippen molar-refractivity contribution in [2.24, 2.45) is 10.4 Å². The van der Waals surface area contributed by atoms with Crippen LogP contribution >= 0.6 is 35.6 Å². The second-order valence-electron chi connectivity index (χ2n) is 7.34. The van der Waals surface area contributed by atoms with Gasteiger partial charge in [0.1, 0.15) is 9.84 Å². The first-order valence-corrected chi connectivity index (χ1v) is 11.6. The highest BCUT2D eigenvalue weighted by Gasteiger charge is 2.18. The zero-order chi connectivity index (χ0) is 20.3. The number of nitrogens with one attached hydrogen (secondary N) is 2. The van der Waals surface area contributed by atoms with E-state index in [9.17, 15) is 8.42 Å². The Morgan fingerprint density at radius 3 is 2.57 bits per heavy atom. The minimum atomic E-state index is -2.98. The van der Waals surface area contributed by atoms with Gasteiger partial charge in [0.05, 0.1) is 19.0 Å². The molecule has 0 fully saturated rings. The number of aliphatic imine (C=N–C) groups is 1. The van der Waals surface area contributed by atoms with Crippen molar-refractivity contribution >= 4 is 51.4 Å². The summed E-state index contributed by atoms with van der Waals surface area (Å²) in [5.74, 6) is 0.766. The summed E-state index contributed by atoms with van der Waals surface area (Å²) in [6.07, 6.45) is 2.08. The summed E-state index contributed by atoms with van der Waals surface area (Å²) in [7, 11) is -2.98. The molecule has 1 rings (SSSR count). The lowest BCUT2D eigenvalue weighted by atomic mass is 9.86. The van der Waals surface area contributed by atoms with Gasteiger partial charge < -0.3 is 15.4 Å². The third-order valence-corrected chi connectivity index (χ3v) is 4.86. The number of rotatable bonds is 11. The second-order valence-corrected chi connectivity index (χ2v) is 10.0. The molecule has 0 radical (unpaired) electrons. The number of benzene rings is 1. The Bertz CT molecular complexity index is 712. The third kappa shape index (κ3) is 13.6. The summed E-state index contributed by atoms with van der Waals surface area (Å²) in [5.41, 5.74) is 1.18. The molecule has 28 heavy (non-hydrogen) atoms. The highest BCUT2D eigenvalue weighted by Crippen LogP contribution is 2.23. The zero-order valence-electron chi connectivity index (χ0n) is 17.1. The standard InChI is InChI=1S/C19H32ClN3O3S.HI/c1-5-21-18(22-9-10-26-11-12-27(4,24)25)23-15-19(2,3)14-16-7-6-8-17(20)13-16;/h6-8,13H,5,9-12,14-15H2,1-4H3,(H2,21,22,23);1H. The van der Waals surface area contributed by atoms with Gasteiger partial charge in [-0.1, -0.05) is 37.6 Å². The molecule has 0 unspecified atom stereocenters. The average Bonchev–Trinajstić information content (AvgIpc) is 2.54. The first-order chi connectivity index (χ1) is 12.6. The SMILES string of the molecule is CCNC(=NCC(C)(C)Cc1cccc(Cl)c1)NCCOCCS(C)(=O)=O.I. The van der Waals surface area contributed by atoms with Crippen LogP contribution < -0.4 is 10.6 Å². The van der Waals surface area contributed by atoms with Crippen molar-refractivity contribution < 1.29 is 13.2 Å². The number of hydrogen-bond donors (Lipinski definition) is 2. The molecule has 0 heterocycles. The van der Waals surface area contributed by atoms with Crippen LogP contribution in [-0.2, 0) is 21.0 Å². The Kier molecular flexibility index (Phi) is 13.3. The highest BCUT2D eigenvalue weighted by atomic mass is 127. The molecule has 0 amide bonds. The number of halogens is 2. The van der Waals surface area contributed by atoms with Gasteiger partial charge in [0.2, 0.25) is 0 Å². The monoisotopic (exact) mass is 545 g/mol. The van der Waals surface area contributed by atoms with E-state index >= 15 is 0 Å². The quantitative estimate of drug-likeness (QED) is 0.193. The van der Waals surface area contributed by atoms with Crippen molar-refractivity contribution in [3.05, 3.63) is 34.9 Å². The summed E-state index contributed by atoms with van der Waals surface area (Å²) in [5, 5.41) is 7.16. The molecule has 0 saturated heterocycles. The molecular formula is C19H33ClIN3O3S. The lowest BCUT2D eigenvalue weighted by molar-refractivity contribution is 0.154. The average molecular weight is 546 g/mol. The van der Waals surface area contributed by atoms with Crippen LogP contribution in [0.25, 0.3) is 0 Å². The fourth-order valence-corrected chi connectivity index (χ4v) is 3.08. The van der Waals surface area contributed by atoms with Crippen LogP contribution in [0.2, 0.25) is 5.02 Å². The molecule has 9 heteroatoms. The van der Waals surface area contributed by atoms with Gasteiger partial charge in [-0.15, -0.1) is 24.0 Å². The Labute approximate surface area is 191 Å². The highest BCUT2D eigenvalue weighted by molar-refractivity contribution is 14.0. The van der Waals surface area contributed by atoms with Gasteiger partial charge in [-0.05, 0) is 36.5 Å². The Morgan fingerprint density at radius 2 is 1.96 bits per heavy atom. The van der Waals surface area contributed by atoms with Gasteiger partial charge in [-0.2, -0.15) is 0 Å². The Morgan fingerprint density at radius 1 is 1.25 bits per heavy atom. The van der Waals surface area contributed by atoms with E-state index in [0.717, 1.165) is 23.9 Å². The molecule has 0 aliphatic heterocycles. The maximum Gasteiger partial charge on any atom is 0.191 e. The topological polar surface area (TPSA) is 79.8 Å². The summed E-state index contributed by atoms with van der Waals surface area (Å²) in [6.45, 7) is 8.97. The predicted octanol–water partition coefficient (Wildman–Crippen LogP) is 3.14. The van der Waals surface area contributed by atoms with Gasteiger partial charge >= 0.3 is 0 Å². The van der Waals surface area contributed by atoms with Gasteiger partial charge in [0, 0.05) is 30.9 Å². The van der Waals surface area contributed by atoms with Crippen molar-refractivity contribution in [3.8, 4) is 0 Å². The fourth-order valence-electron chi connectivity index (χ4n) is 2.44. The van der Waals surface area contributed by atoms with Crippen LogP contribution in [0.15, 0.2) is 29.3 Å². The lowest BCUT2D eigenvalue weighted by Gasteiger charge is -2.23. The molecule has 162 valence electrons. The molecule has 2 N–H and O–H groups in total. The van der Waals surface area contributed by atoms with E-state index in [-0.39, 0.29) is 41.8 Å². The van der Waals surface area contributed by atoms with Crippen molar-refractivity contribution in [1.29, 1.82) is 0 Å². The number of nitrogens with zero attached hydrogens (tertiary/aromatic N) is 1. The number of ether oxygens (including phenoxy) is 1. The van der Waals surface area contributed by atoms with Gasteiger partial charge in [0.15, 0.2) is 5.96 Å². The molecule has 0 aliphatic carbocycles. The molecular weight excluding hydrogens is 513 g/mol. The van der Waals surface area contributed by atoms with Gasteiger partial charge in [-0.3, -0.25) is 4.99 Å². The van der Waals surface area contributed by atoms with E-state index in [1.54, 1.807) is 0 Å². The normalized spacial score (nSPS) is 12.4. The fraction of sp³-hybridized carbons (Fsp3) is 0.632. The van der Waals surface area contributed by atoms with E-state index < -0.39 is 9.84 Å². The summed E-state index contributed by atoms with van der Waals surface area (Å²) >= 11 is 6.07. The summed E-state index contributed by atoms with van der Waals surface area (Å²) < 4.78 is 27.4. The minimum Gasteiger partial charge on any atom is -0.379 e. The molecule has 0 aliphatic rings. The van der Waals surface area contributed by atoms with Crippen molar-refractivity contribution in [2.45, 2.75) is 27.2 Å². The molecule has 1 aromatic carbocycles. The molecule has 0 spiro atoms. The summed E-state index contributed by atoms with van der Waals surface area (Å²) in [4.78, 5) is 4.67. The minimum absolute atomic E-state index is 0. The maximum atomic E-state index is 11.1. The summed E-state index contributed by atoms with van der Waals surface area (Å²) in [6, 6.07) is 7.91. The second kappa shape index (κ2) is 13.6. The first kappa shape index (κ1) is 27.4. The smallest absolute Gasteiger partial charge is 0.191 e. The molecule has 0 bridgehead atoms. The largest absolute Gasteiger partial charge is 0.379 e. The van der Waals surface area contributed by atoms with Crippen LogP contribution in [0.4, 0.5) is 0 Å². The Hall–Kier alpha value is -0.580. The number of hydrogen-bond acceptors (Lipinski definition) is 4. The van der Waals surface area contributed by atoms with Crippen LogP contribution in [-0.4, -0.2) is 59.2 Å². The van der Waals surface area contributed by atoms with Gasteiger partial charge in [0.25, 0.3) is 0 Å². The van der Waals surface area contributed by atoms with Crippen LogP contribution in [0.1, 0.15) is 26.3 Å². The molecule has 0 aromatic heterocycles. The Balaban J connectivity index is 0.00000729. The van der Waals surface area contributed by atoms with Crippen molar-refractivity contribution in [3.63, 3.8) is 0 Å². The van der Waals surface area contributed by atoms with Gasteiger partial charge in [-0.25, -0.2) is 8.42 Å². The van der Waals surface area contributed by atoms with E-state index in [1.165, 1.54) is 11.8 Å². The van der Waals surface area contributed by atoms with E-state index in [2.05, 4.69) is 35.5 Å². The van der Waals surface area contributed by atoms with E-state index in [0.29, 0.717) is 19.7 Å². The third-order valence-electron chi connectivity index (χ3n) is 3.72. The lowest BCUT2D eigenvalue weighted by Crippen LogP contribution is -2.40. The van der Waals surface area contributed by atoms with Crippen molar-refractivity contribution in [1.82, 2.24) is 10.6 Å². The number of guanidine groups is 1.